The maximum Gasteiger partial charge on any atom is 0.283 e. The molecule has 2 rings (SSSR count). The van der Waals surface area contributed by atoms with Crippen LogP contribution in [0.25, 0.3) is 11.7 Å². The molecular formula is C15H23N3O2. The van der Waals surface area contributed by atoms with Crippen LogP contribution in [0.3, 0.4) is 0 Å². The fourth-order valence-electron chi connectivity index (χ4n) is 2.25. The highest BCUT2D eigenvalue weighted by molar-refractivity contribution is 5.42. The fraction of sp³-hybridized carbons (Fsp3) is 0.600. The average molecular weight is 277 g/mol. The molecule has 0 fully saturated rings. The first-order chi connectivity index (χ1) is 9.54. The number of hydrogen-bond donors (Lipinski definition) is 0. The lowest BCUT2D eigenvalue weighted by molar-refractivity contribution is 0.193. The zero-order chi connectivity index (χ0) is 14.5. The van der Waals surface area contributed by atoms with Crippen molar-refractivity contribution < 1.29 is 8.83 Å². The number of nitrogens with zero attached hydrogens (tertiary/aromatic N) is 3. The summed E-state index contributed by atoms with van der Waals surface area (Å²) in [6, 6.07) is 3.63. The number of furan rings is 1. The maximum atomic E-state index is 5.66. The molecule has 0 bridgehead atoms. The molecule has 2 aromatic heterocycles. The van der Waals surface area contributed by atoms with E-state index in [0.29, 0.717) is 35.9 Å². The highest BCUT2D eigenvalue weighted by Crippen LogP contribution is 2.19. The van der Waals surface area contributed by atoms with Gasteiger partial charge in [-0.25, -0.2) is 0 Å². The van der Waals surface area contributed by atoms with E-state index in [-0.39, 0.29) is 0 Å². The molecule has 2 aromatic rings. The van der Waals surface area contributed by atoms with E-state index in [1.807, 2.05) is 12.1 Å². The Morgan fingerprint density at radius 1 is 1.10 bits per heavy atom. The molecule has 0 aromatic carbocycles. The average Bonchev–Trinajstić information content (AvgIpc) is 2.95. The molecule has 0 aliphatic rings. The molecule has 2 heterocycles. The van der Waals surface area contributed by atoms with Gasteiger partial charge in [-0.05, 0) is 24.0 Å². The minimum Gasteiger partial charge on any atom is -0.459 e. The second-order valence-corrected chi connectivity index (χ2v) is 5.96. The topological polar surface area (TPSA) is 55.3 Å². The van der Waals surface area contributed by atoms with Crippen LogP contribution in [-0.2, 0) is 6.54 Å². The second-order valence-electron chi connectivity index (χ2n) is 5.96. The van der Waals surface area contributed by atoms with Crippen LogP contribution in [0.1, 0.15) is 33.6 Å². The normalized spacial score (nSPS) is 11.9. The molecule has 0 unspecified atom stereocenters. The van der Waals surface area contributed by atoms with Gasteiger partial charge in [0.15, 0.2) is 5.76 Å². The van der Waals surface area contributed by atoms with Gasteiger partial charge in [-0.1, -0.05) is 27.7 Å². The van der Waals surface area contributed by atoms with Gasteiger partial charge in [0.1, 0.15) is 0 Å². The second kappa shape index (κ2) is 6.70. The zero-order valence-corrected chi connectivity index (χ0v) is 12.7. The van der Waals surface area contributed by atoms with E-state index in [0.717, 1.165) is 13.1 Å². The van der Waals surface area contributed by atoms with E-state index < -0.39 is 0 Å². The van der Waals surface area contributed by atoms with Crippen LogP contribution < -0.4 is 0 Å². The van der Waals surface area contributed by atoms with Gasteiger partial charge in [0.25, 0.3) is 5.89 Å². The van der Waals surface area contributed by atoms with Gasteiger partial charge in [-0.3, -0.25) is 4.90 Å². The monoisotopic (exact) mass is 277 g/mol. The molecule has 0 saturated carbocycles. The van der Waals surface area contributed by atoms with Crippen molar-refractivity contribution in [2.45, 2.75) is 34.2 Å². The Hall–Kier alpha value is -1.62. The summed E-state index contributed by atoms with van der Waals surface area (Å²) in [5.74, 6) is 2.92. The Morgan fingerprint density at radius 2 is 1.80 bits per heavy atom. The van der Waals surface area contributed by atoms with Crippen LogP contribution in [0.5, 0.6) is 0 Å². The first-order valence-corrected chi connectivity index (χ1v) is 7.13. The summed E-state index contributed by atoms with van der Waals surface area (Å²) < 4.78 is 10.9. The van der Waals surface area contributed by atoms with E-state index in [1.54, 1.807) is 6.26 Å². The summed E-state index contributed by atoms with van der Waals surface area (Å²) in [7, 11) is 0. The molecule has 0 saturated heterocycles. The summed E-state index contributed by atoms with van der Waals surface area (Å²) in [5.41, 5.74) is 0. The van der Waals surface area contributed by atoms with Crippen LogP contribution in [0, 0.1) is 11.8 Å². The molecule has 110 valence electrons. The largest absolute Gasteiger partial charge is 0.459 e. The highest BCUT2D eigenvalue weighted by atomic mass is 16.4. The Balaban J connectivity index is 2.03. The molecule has 0 radical (unpaired) electrons. The molecule has 0 amide bonds. The van der Waals surface area contributed by atoms with Crippen molar-refractivity contribution in [1.82, 2.24) is 15.1 Å². The van der Waals surface area contributed by atoms with Gasteiger partial charge in [-0.2, -0.15) is 0 Å². The van der Waals surface area contributed by atoms with E-state index >= 15 is 0 Å². The minimum atomic E-state index is 0.444. The molecule has 0 atom stereocenters. The summed E-state index contributed by atoms with van der Waals surface area (Å²) in [6.45, 7) is 11.6. The van der Waals surface area contributed by atoms with Gasteiger partial charge in [0.05, 0.1) is 12.8 Å². The summed E-state index contributed by atoms with van der Waals surface area (Å²) >= 11 is 0. The standard InChI is InChI=1S/C15H23N3O2/c1-11(2)8-18(9-12(3)4)10-14-16-17-15(20-14)13-6-5-7-19-13/h5-7,11-12H,8-10H2,1-4H3. The number of aromatic nitrogens is 2. The van der Waals surface area contributed by atoms with Crippen LogP contribution in [0.4, 0.5) is 0 Å². The van der Waals surface area contributed by atoms with E-state index in [1.165, 1.54) is 0 Å². The van der Waals surface area contributed by atoms with Crippen LogP contribution in [-0.4, -0.2) is 28.2 Å². The van der Waals surface area contributed by atoms with Crippen LogP contribution in [0.15, 0.2) is 27.2 Å². The number of rotatable bonds is 7. The Labute approximate surface area is 120 Å². The molecule has 20 heavy (non-hydrogen) atoms. The maximum absolute atomic E-state index is 5.66. The van der Waals surface area contributed by atoms with Crippen molar-refractivity contribution in [3.63, 3.8) is 0 Å². The lowest BCUT2D eigenvalue weighted by atomic mass is 10.1. The van der Waals surface area contributed by atoms with Crippen molar-refractivity contribution in [3.8, 4) is 11.7 Å². The van der Waals surface area contributed by atoms with E-state index in [4.69, 9.17) is 8.83 Å². The lowest BCUT2D eigenvalue weighted by Gasteiger charge is -2.24. The predicted octanol–water partition coefficient (Wildman–Crippen LogP) is 3.44. The highest BCUT2D eigenvalue weighted by Gasteiger charge is 2.16. The first kappa shape index (κ1) is 14.8. The van der Waals surface area contributed by atoms with E-state index in [2.05, 4.69) is 42.8 Å². The molecule has 0 aliphatic heterocycles. The van der Waals surface area contributed by atoms with Crippen molar-refractivity contribution in [1.29, 1.82) is 0 Å². The van der Waals surface area contributed by atoms with Crippen molar-refractivity contribution in [2.75, 3.05) is 13.1 Å². The molecule has 5 heteroatoms. The SMILES string of the molecule is CC(C)CN(Cc1nnc(-c2ccco2)o1)CC(C)C. The Bertz CT molecular complexity index is 493. The molecule has 5 nitrogen and oxygen atoms in total. The first-order valence-electron chi connectivity index (χ1n) is 7.13. The van der Waals surface area contributed by atoms with Gasteiger partial charge in [-0.15, -0.1) is 10.2 Å². The van der Waals surface area contributed by atoms with Crippen molar-refractivity contribution in [2.24, 2.45) is 11.8 Å². The fourth-order valence-corrected chi connectivity index (χ4v) is 2.25. The lowest BCUT2D eigenvalue weighted by Crippen LogP contribution is -2.31. The van der Waals surface area contributed by atoms with Crippen molar-refractivity contribution >= 4 is 0 Å². The predicted molar refractivity (Wildman–Crippen MR) is 77.0 cm³/mol. The molecule has 0 N–H and O–H groups in total. The Morgan fingerprint density at radius 3 is 2.35 bits per heavy atom. The zero-order valence-electron chi connectivity index (χ0n) is 12.7. The molecular weight excluding hydrogens is 254 g/mol. The summed E-state index contributed by atoms with van der Waals surface area (Å²) in [6.07, 6.45) is 1.60. The summed E-state index contributed by atoms with van der Waals surface area (Å²) in [5, 5.41) is 8.14. The van der Waals surface area contributed by atoms with Gasteiger partial charge in [0, 0.05) is 13.1 Å². The smallest absolute Gasteiger partial charge is 0.283 e. The Kier molecular flexibility index (Phi) is 4.95. The van der Waals surface area contributed by atoms with Crippen LogP contribution in [0.2, 0.25) is 0 Å². The third kappa shape index (κ3) is 4.20. The van der Waals surface area contributed by atoms with Gasteiger partial charge < -0.3 is 8.83 Å². The van der Waals surface area contributed by atoms with Crippen LogP contribution >= 0.6 is 0 Å². The molecule has 0 spiro atoms. The third-order valence-corrected chi connectivity index (χ3v) is 2.80. The van der Waals surface area contributed by atoms with Gasteiger partial charge in [0.2, 0.25) is 5.89 Å². The molecule has 0 aliphatic carbocycles. The third-order valence-electron chi connectivity index (χ3n) is 2.80. The number of hydrogen-bond acceptors (Lipinski definition) is 5. The van der Waals surface area contributed by atoms with Gasteiger partial charge >= 0.3 is 0 Å². The quantitative estimate of drug-likeness (QED) is 0.776. The summed E-state index contributed by atoms with van der Waals surface area (Å²) in [4.78, 5) is 2.36. The minimum absolute atomic E-state index is 0.444. The van der Waals surface area contributed by atoms with E-state index in [9.17, 15) is 0 Å². The van der Waals surface area contributed by atoms with Crippen molar-refractivity contribution in [3.05, 3.63) is 24.3 Å².